The van der Waals surface area contributed by atoms with Crippen LogP contribution in [-0.2, 0) is 14.3 Å². The van der Waals surface area contributed by atoms with Gasteiger partial charge in [0.05, 0.1) is 6.10 Å². The standard InChI is InChI=1S/C27H46O.C9H16O8/c1-18(2)7-6-8-19(3)23-11-12-24-22-10-9-20-17-21(28)13-15-26(20,4)25(22)14-16-27(23,24)5;1-4(11)9(16)17-3-6(13)8(15)7(14)5(12)2-10/h9,18-19,21-25,28H,6-8,10-17H2,1-5H3;2,4-8,11-15H,3H2,1H3/t19-,21+,22+,23-,24+,25+,26+,27-;4?,5-,6+,7+,8+/m10/s1. The Bertz CT molecular complexity index is 997. The minimum absolute atomic E-state index is 0.0115. The Morgan fingerprint density at radius 1 is 0.956 bits per heavy atom. The van der Waals surface area contributed by atoms with Gasteiger partial charge in [-0.15, -0.1) is 0 Å². The number of allylic oxidation sites excluding steroid dienone is 1. The molecule has 6 N–H and O–H groups in total. The second-order valence-electron chi connectivity index (χ2n) is 15.7. The molecule has 0 aromatic heterocycles. The van der Waals surface area contributed by atoms with Crippen LogP contribution >= 0.6 is 0 Å². The number of ether oxygens (including phenoxy) is 1. The second kappa shape index (κ2) is 16.2. The molecule has 0 radical (unpaired) electrons. The van der Waals surface area contributed by atoms with E-state index in [1.807, 2.05) is 0 Å². The quantitative estimate of drug-likeness (QED) is 0.106. The maximum Gasteiger partial charge on any atom is 0.334 e. The van der Waals surface area contributed by atoms with E-state index in [-0.39, 0.29) is 12.4 Å². The molecule has 0 bridgehead atoms. The lowest BCUT2D eigenvalue weighted by molar-refractivity contribution is -0.163. The lowest BCUT2D eigenvalue weighted by atomic mass is 9.47. The molecule has 1 unspecified atom stereocenters. The molecule has 3 fully saturated rings. The molecule has 0 aliphatic heterocycles. The van der Waals surface area contributed by atoms with Crippen LogP contribution in [0.15, 0.2) is 11.6 Å². The maximum absolute atomic E-state index is 10.8. The number of rotatable bonds is 12. The number of fused-ring (bicyclic) bond motifs is 5. The van der Waals surface area contributed by atoms with Crippen molar-refractivity contribution in [3.05, 3.63) is 11.6 Å². The molecule has 260 valence electrons. The van der Waals surface area contributed by atoms with Crippen LogP contribution in [0.5, 0.6) is 0 Å². The summed E-state index contributed by atoms with van der Waals surface area (Å²) in [6, 6.07) is 0. The molecular formula is C36H62O9. The lowest BCUT2D eigenvalue weighted by Gasteiger charge is -2.58. The molecule has 3 saturated carbocycles. The number of aliphatic hydroxyl groups is 6. The first-order chi connectivity index (χ1) is 21.1. The highest BCUT2D eigenvalue weighted by molar-refractivity contribution is 5.73. The number of hydrogen-bond donors (Lipinski definition) is 6. The van der Waals surface area contributed by atoms with Crippen LogP contribution in [0.3, 0.4) is 0 Å². The number of carbonyl (C=O) groups excluding carboxylic acids is 2. The van der Waals surface area contributed by atoms with Crippen LogP contribution < -0.4 is 0 Å². The predicted molar refractivity (Wildman–Crippen MR) is 172 cm³/mol. The molecule has 45 heavy (non-hydrogen) atoms. The van der Waals surface area contributed by atoms with E-state index < -0.39 is 43.1 Å². The van der Waals surface area contributed by atoms with E-state index in [4.69, 9.17) is 15.3 Å². The van der Waals surface area contributed by atoms with Crippen LogP contribution in [0.1, 0.15) is 112 Å². The van der Waals surface area contributed by atoms with Crippen LogP contribution in [0, 0.1) is 46.3 Å². The summed E-state index contributed by atoms with van der Waals surface area (Å²) < 4.78 is 4.37. The van der Waals surface area contributed by atoms with Crippen molar-refractivity contribution < 1.29 is 45.0 Å². The van der Waals surface area contributed by atoms with Crippen molar-refractivity contribution in [2.24, 2.45) is 46.3 Å². The molecule has 0 aromatic rings. The lowest BCUT2D eigenvalue weighted by Crippen LogP contribution is -2.50. The van der Waals surface area contributed by atoms with Gasteiger partial charge in [-0.05, 0) is 105 Å². The summed E-state index contributed by atoms with van der Waals surface area (Å²) in [6.45, 7) is 13.0. The fourth-order valence-electron chi connectivity index (χ4n) is 9.56. The first kappa shape index (κ1) is 38.1. The molecule has 9 heteroatoms. The number of esters is 1. The smallest absolute Gasteiger partial charge is 0.334 e. The first-order valence-electron chi connectivity index (χ1n) is 17.5. The zero-order valence-electron chi connectivity index (χ0n) is 28.5. The molecule has 0 saturated heterocycles. The van der Waals surface area contributed by atoms with E-state index in [2.05, 4.69) is 45.4 Å². The van der Waals surface area contributed by atoms with Crippen molar-refractivity contribution in [3.63, 3.8) is 0 Å². The van der Waals surface area contributed by atoms with Gasteiger partial charge >= 0.3 is 5.97 Å². The van der Waals surface area contributed by atoms with Gasteiger partial charge in [0.25, 0.3) is 0 Å². The van der Waals surface area contributed by atoms with Crippen molar-refractivity contribution in [3.8, 4) is 0 Å². The first-order valence-corrected chi connectivity index (χ1v) is 17.5. The Morgan fingerprint density at radius 2 is 1.64 bits per heavy atom. The van der Waals surface area contributed by atoms with Crippen LogP contribution in [0.2, 0.25) is 0 Å². The van der Waals surface area contributed by atoms with Gasteiger partial charge in [0.15, 0.2) is 6.29 Å². The molecule has 4 aliphatic carbocycles. The summed E-state index contributed by atoms with van der Waals surface area (Å²) in [5.74, 6) is 4.44. The van der Waals surface area contributed by atoms with E-state index in [1.54, 1.807) is 5.57 Å². The van der Waals surface area contributed by atoms with Crippen LogP contribution in [0.4, 0.5) is 0 Å². The third-order valence-corrected chi connectivity index (χ3v) is 12.3. The van der Waals surface area contributed by atoms with Gasteiger partial charge in [-0.2, -0.15) is 0 Å². The number of aldehydes is 1. The molecule has 0 amide bonds. The minimum atomic E-state index is -1.90. The van der Waals surface area contributed by atoms with E-state index in [0.717, 1.165) is 55.3 Å². The van der Waals surface area contributed by atoms with Gasteiger partial charge in [0.1, 0.15) is 37.1 Å². The van der Waals surface area contributed by atoms with Gasteiger partial charge in [-0.3, -0.25) is 0 Å². The Balaban J connectivity index is 0.000000281. The maximum atomic E-state index is 10.8. The Morgan fingerprint density at radius 3 is 2.27 bits per heavy atom. The normalized spacial score (nSPS) is 36.5. The van der Waals surface area contributed by atoms with E-state index in [9.17, 15) is 24.9 Å². The van der Waals surface area contributed by atoms with E-state index >= 15 is 0 Å². The van der Waals surface area contributed by atoms with Gasteiger partial charge in [0.2, 0.25) is 0 Å². The summed E-state index contributed by atoms with van der Waals surface area (Å²) in [4.78, 5) is 20.9. The van der Waals surface area contributed by atoms with E-state index in [0.29, 0.717) is 10.8 Å². The van der Waals surface area contributed by atoms with Crippen molar-refractivity contribution in [2.75, 3.05) is 6.61 Å². The highest BCUT2D eigenvalue weighted by Gasteiger charge is 2.59. The Hall–Kier alpha value is -1.36. The third kappa shape index (κ3) is 8.76. The molecule has 4 rings (SSSR count). The van der Waals surface area contributed by atoms with Gasteiger partial charge in [-0.25, -0.2) is 4.79 Å². The number of carbonyl (C=O) groups is 2. The van der Waals surface area contributed by atoms with Crippen LogP contribution in [0.25, 0.3) is 0 Å². The molecule has 9 nitrogen and oxygen atoms in total. The van der Waals surface area contributed by atoms with Gasteiger partial charge < -0.3 is 40.2 Å². The van der Waals surface area contributed by atoms with Crippen molar-refractivity contribution in [1.82, 2.24) is 0 Å². The fourth-order valence-corrected chi connectivity index (χ4v) is 9.56. The molecule has 0 heterocycles. The van der Waals surface area contributed by atoms with Crippen molar-refractivity contribution >= 4 is 12.3 Å². The monoisotopic (exact) mass is 638 g/mol. The van der Waals surface area contributed by atoms with Gasteiger partial charge in [0, 0.05) is 0 Å². The molecular weight excluding hydrogens is 576 g/mol. The number of hydrogen-bond acceptors (Lipinski definition) is 9. The second-order valence-corrected chi connectivity index (χ2v) is 15.7. The highest BCUT2D eigenvalue weighted by atomic mass is 16.6. The average molecular weight is 639 g/mol. The van der Waals surface area contributed by atoms with Crippen LogP contribution in [-0.4, -0.2) is 86.1 Å². The molecule has 4 aliphatic rings. The summed E-state index contributed by atoms with van der Waals surface area (Å²) in [5.41, 5.74) is 2.60. The molecule has 13 atom stereocenters. The fraction of sp³-hybridized carbons (Fsp3) is 0.889. The third-order valence-electron chi connectivity index (χ3n) is 12.3. The summed E-state index contributed by atoms with van der Waals surface area (Å²) in [6.07, 6.45) is 8.46. The Kier molecular flexibility index (Phi) is 13.7. The molecule has 0 aromatic carbocycles. The number of aliphatic hydroxyl groups excluding tert-OH is 6. The SMILES string of the molecule is CC(C)CCC[C@@H](C)[C@H]1CC[C@H]2[C@@H]3CC=C4C[C@@H](O)CC[C@]4(C)[C@H]3CC[C@]12C.CC(O)C(=O)OC[C@@H](O)[C@@H](O)[C@H](O)[C@@H](O)C=O. The minimum Gasteiger partial charge on any atom is -0.461 e. The van der Waals surface area contributed by atoms with E-state index in [1.165, 1.54) is 57.8 Å². The zero-order chi connectivity index (χ0) is 33.7. The topological polar surface area (TPSA) is 165 Å². The van der Waals surface area contributed by atoms with Crippen molar-refractivity contribution in [2.45, 2.75) is 149 Å². The zero-order valence-corrected chi connectivity index (χ0v) is 28.5. The Labute approximate surface area is 270 Å². The largest absolute Gasteiger partial charge is 0.461 e. The average Bonchev–Trinajstić information content (AvgIpc) is 3.36. The summed E-state index contributed by atoms with van der Waals surface area (Å²) in [7, 11) is 0. The molecule has 0 spiro atoms. The summed E-state index contributed by atoms with van der Waals surface area (Å²) in [5, 5.41) is 55.5. The summed E-state index contributed by atoms with van der Waals surface area (Å²) >= 11 is 0. The van der Waals surface area contributed by atoms with Crippen molar-refractivity contribution in [1.29, 1.82) is 0 Å². The predicted octanol–water partition coefficient (Wildman–Crippen LogP) is 3.94. The van der Waals surface area contributed by atoms with Gasteiger partial charge in [-0.1, -0.05) is 65.5 Å². The highest BCUT2D eigenvalue weighted by Crippen LogP contribution is 2.67.